The Kier molecular flexibility index (Phi) is 4.79. The molecular weight excluding hydrogens is 324 g/mol. The van der Waals surface area contributed by atoms with Crippen molar-refractivity contribution in [2.75, 3.05) is 33.0 Å². The Bertz CT molecular complexity index is 646. The fourth-order valence-electron chi connectivity index (χ4n) is 4.22. The summed E-state index contributed by atoms with van der Waals surface area (Å²) < 4.78 is 33.4. The van der Waals surface area contributed by atoms with Gasteiger partial charge in [0.2, 0.25) is 0 Å². The molecule has 0 saturated carbocycles. The lowest BCUT2D eigenvalue weighted by atomic mass is 10.00. The van der Waals surface area contributed by atoms with Crippen molar-refractivity contribution in [2.24, 2.45) is 5.92 Å². The quantitative estimate of drug-likeness (QED) is 0.904. The maximum absolute atomic E-state index is 14.3. The molecule has 4 rings (SSSR count). The number of hydrogen-bond acceptors (Lipinski definition) is 4. The second-order valence-electron chi connectivity index (χ2n) is 7.16. The van der Waals surface area contributed by atoms with Crippen molar-refractivity contribution < 1.29 is 13.5 Å². The zero-order valence-corrected chi connectivity index (χ0v) is 14.4. The number of benzene rings is 1. The first-order valence-electron chi connectivity index (χ1n) is 9.20. The van der Waals surface area contributed by atoms with Gasteiger partial charge in [-0.1, -0.05) is 0 Å². The maximum atomic E-state index is 14.3. The lowest BCUT2D eigenvalue weighted by Crippen LogP contribution is -2.38. The average molecular weight is 349 g/mol. The van der Waals surface area contributed by atoms with Gasteiger partial charge < -0.3 is 19.9 Å². The van der Waals surface area contributed by atoms with E-state index in [0.717, 1.165) is 64.5 Å². The third kappa shape index (κ3) is 3.45. The molecule has 1 N–H and O–H groups in total. The van der Waals surface area contributed by atoms with Crippen LogP contribution in [0.4, 0.5) is 8.78 Å². The van der Waals surface area contributed by atoms with Crippen molar-refractivity contribution in [3.8, 4) is 0 Å². The molecule has 3 aliphatic rings. The molecule has 6 heteroatoms. The number of nitrogens with zero attached hydrogens (tertiary/aromatic N) is 2. The van der Waals surface area contributed by atoms with Crippen LogP contribution in [0.25, 0.3) is 0 Å². The summed E-state index contributed by atoms with van der Waals surface area (Å²) in [4.78, 5) is 4.57. The number of hydrogen-bond donors (Lipinski definition) is 1. The van der Waals surface area contributed by atoms with E-state index in [4.69, 9.17) is 4.74 Å². The van der Waals surface area contributed by atoms with Gasteiger partial charge in [-0.05, 0) is 49.8 Å². The highest BCUT2D eigenvalue weighted by atomic mass is 19.1. The largest absolute Gasteiger partial charge is 0.381 e. The van der Waals surface area contributed by atoms with Crippen LogP contribution in [0.2, 0.25) is 0 Å². The summed E-state index contributed by atoms with van der Waals surface area (Å²) in [7, 11) is 0. The standard InChI is InChI=1S/C19H25F2N3O/c20-15-3-4-17(21)16(10-15)18-2-1-7-24(18)19-11-22-13-23(19)12-14-5-8-25-9-6-14/h3-4,10-11,14,18,22H,1-2,5-9,12-13H2/t18-/m1/s1. The topological polar surface area (TPSA) is 27.7 Å². The lowest BCUT2D eigenvalue weighted by Gasteiger charge is -2.36. The SMILES string of the molecule is Fc1ccc(F)c([C@H]2CCCN2C2=CNCN2CC2CCOCC2)c1. The second kappa shape index (κ2) is 7.20. The van der Waals surface area contributed by atoms with Crippen molar-refractivity contribution >= 4 is 0 Å². The molecule has 0 aromatic heterocycles. The van der Waals surface area contributed by atoms with Gasteiger partial charge >= 0.3 is 0 Å². The molecule has 3 aliphatic heterocycles. The van der Waals surface area contributed by atoms with Crippen molar-refractivity contribution in [3.05, 3.63) is 47.4 Å². The Labute approximate surface area is 147 Å². The molecule has 2 saturated heterocycles. The van der Waals surface area contributed by atoms with Gasteiger partial charge in [0, 0.05) is 38.1 Å². The first-order valence-corrected chi connectivity index (χ1v) is 9.20. The van der Waals surface area contributed by atoms with Crippen LogP contribution in [-0.4, -0.2) is 42.8 Å². The van der Waals surface area contributed by atoms with Gasteiger partial charge in [-0.25, -0.2) is 8.78 Å². The second-order valence-corrected chi connectivity index (χ2v) is 7.16. The van der Waals surface area contributed by atoms with E-state index < -0.39 is 0 Å². The van der Waals surface area contributed by atoms with Crippen LogP contribution in [0.15, 0.2) is 30.2 Å². The van der Waals surface area contributed by atoms with Crippen LogP contribution >= 0.6 is 0 Å². The average Bonchev–Trinajstić information content (AvgIpc) is 3.27. The lowest BCUT2D eigenvalue weighted by molar-refractivity contribution is 0.0530. The monoisotopic (exact) mass is 349 g/mol. The normalized spacial score (nSPS) is 24.6. The highest BCUT2D eigenvalue weighted by Gasteiger charge is 2.34. The summed E-state index contributed by atoms with van der Waals surface area (Å²) >= 11 is 0. The number of rotatable bonds is 4. The van der Waals surface area contributed by atoms with Crippen LogP contribution in [0, 0.1) is 17.6 Å². The number of nitrogens with one attached hydrogen (secondary N) is 1. The molecule has 0 amide bonds. The minimum absolute atomic E-state index is 0.0981. The van der Waals surface area contributed by atoms with Gasteiger partial charge in [0.1, 0.15) is 17.5 Å². The van der Waals surface area contributed by atoms with Crippen molar-refractivity contribution in [1.82, 2.24) is 15.1 Å². The highest BCUT2D eigenvalue weighted by molar-refractivity contribution is 5.25. The van der Waals surface area contributed by atoms with Gasteiger partial charge in [0.25, 0.3) is 0 Å². The van der Waals surface area contributed by atoms with Gasteiger partial charge in [-0.15, -0.1) is 0 Å². The molecule has 0 bridgehead atoms. The van der Waals surface area contributed by atoms with E-state index in [1.54, 1.807) is 0 Å². The van der Waals surface area contributed by atoms with E-state index in [1.807, 2.05) is 6.20 Å². The van der Waals surface area contributed by atoms with Gasteiger partial charge in [-0.3, -0.25) is 0 Å². The van der Waals surface area contributed by atoms with Crippen LogP contribution < -0.4 is 5.32 Å². The number of likely N-dealkylation sites (tertiary alicyclic amines) is 1. The predicted octanol–water partition coefficient (Wildman–Crippen LogP) is 3.19. The van der Waals surface area contributed by atoms with E-state index in [9.17, 15) is 8.78 Å². The summed E-state index contributed by atoms with van der Waals surface area (Å²) in [6, 6.07) is 3.68. The molecule has 1 aromatic rings. The first kappa shape index (κ1) is 16.6. The zero-order chi connectivity index (χ0) is 17.2. The van der Waals surface area contributed by atoms with Crippen LogP contribution in [-0.2, 0) is 4.74 Å². The van der Waals surface area contributed by atoms with E-state index >= 15 is 0 Å². The summed E-state index contributed by atoms with van der Waals surface area (Å²) in [5.74, 6) is 1.04. The third-order valence-electron chi connectivity index (χ3n) is 5.52. The van der Waals surface area contributed by atoms with E-state index in [2.05, 4.69) is 15.1 Å². The number of ether oxygens (including phenoxy) is 1. The van der Waals surface area contributed by atoms with Crippen molar-refractivity contribution in [1.29, 1.82) is 0 Å². The molecular formula is C19H25F2N3O. The van der Waals surface area contributed by atoms with E-state index in [1.165, 1.54) is 18.2 Å². The summed E-state index contributed by atoms with van der Waals surface area (Å²) in [6.07, 6.45) is 6.04. The molecule has 4 nitrogen and oxygen atoms in total. The summed E-state index contributed by atoms with van der Waals surface area (Å²) in [5.41, 5.74) is 0.469. The van der Waals surface area contributed by atoms with Gasteiger partial charge in [0.15, 0.2) is 0 Å². The Balaban J connectivity index is 1.51. The van der Waals surface area contributed by atoms with E-state index in [-0.39, 0.29) is 17.7 Å². The molecule has 0 radical (unpaired) electrons. The maximum Gasteiger partial charge on any atom is 0.128 e. The molecule has 0 spiro atoms. The molecule has 1 atom stereocenters. The van der Waals surface area contributed by atoms with Crippen LogP contribution in [0.5, 0.6) is 0 Å². The molecule has 0 aliphatic carbocycles. The first-order chi connectivity index (χ1) is 12.2. The zero-order valence-electron chi connectivity index (χ0n) is 14.4. The van der Waals surface area contributed by atoms with Gasteiger partial charge in [-0.2, -0.15) is 0 Å². The molecule has 136 valence electrons. The van der Waals surface area contributed by atoms with Crippen molar-refractivity contribution in [2.45, 2.75) is 31.7 Å². The Hall–Kier alpha value is -1.82. The summed E-state index contributed by atoms with van der Waals surface area (Å²) in [5, 5.41) is 3.31. The third-order valence-corrected chi connectivity index (χ3v) is 5.52. The molecule has 2 fully saturated rings. The summed E-state index contributed by atoms with van der Waals surface area (Å²) in [6.45, 7) is 4.31. The number of halogens is 2. The van der Waals surface area contributed by atoms with Crippen LogP contribution in [0.3, 0.4) is 0 Å². The predicted molar refractivity (Wildman–Crippen MR) is 91.4 cm³/mol. The Morgan fingerprint density at radius 2 is 2.00 bits per heavy atom. The fourth-order valence-corrected chi connectivity index (χ4v) is 4.22. The minimum atomic E-state index is -0.374. The Morgan fingerprint density at radius 3 is 2.84 bits per heavy atom. The van der Waals surface area contributed by atoms with E-state index in [0.29, 0.717) is 11.5 Å². The molecule has 0 unspecified atom stereocenters. The molecule has 25 heavy (non-hydrogen) atoms. The molecule has 3 heterocycles. The van der Waals surface area contributed by atoms with Crippen LogP contribution in [0.1, 0.15) is 37.3 Å². The Morgan fingerprint density at radius 1 is 1.16 bits per heavy atom. The fraction of sp³-hybridized carbons (Fsp3) is 0.579. The minimum Gasteiger partial charge on any atom is -0.381 e. The smallest absolute Gasteiger partial charge is 0.128 e. The van der Waals surface area contributed by atoms with Crippen molar-refractivity contribution in [3.63, 3.8) is 0 Å². The van der Waals surface area contributed by atoms with Gasteiger partial charge in [0.05, 0.1) is 12.7 Å². The highest BCUT2D eigenvalue weighted by Crippen LogP contribution is 2.38. The molecule has 1 aromatic carbocycles.